The van der Waals surface area contributed by atoms with E-state index >= 15 is 0 Å². The van der Waals surface area contributed by atoms with E-state index in [1.54, 1.807) is 0 Å². The quantitative estimate of drug-likeness (QED) is 0.0262. The lowest BCUT2D eigenvalue weighted by Crippen LogP contribution is -2.30. The lowest BCUT2D eigenvalue weighted by atomic mass is 10.1. The number of hydrogen-bond acceptors (Lipinski definition) is 6. The summed E-state index contributed by atoms with van der Waals surface area (Å²) in [6, 6.07) is 0. The van der Waals surface area contributed by atoms with E-state index in [1.807, 2.05) is 0 Å². The van der Waals surface area contributed by atoms with Crippen LogP contribution >= 0.6 is 0 Å². The van der Waals surface area contributed by atoms with Crippen LogP contribution in [0.25, 0.3) is 0 Å². The number of unbranched alkanes of at least 4 members (excludes halogenated alkanes) is 21. The zero-order chi connectivity index (χ0) is 45.8. The van der Waals surface area contributed by atoms with Crippen molar-refractivity contribution in [2.24, 2.45) is 0 Å². The van der Waals surface area contributed by atoms with Crippen LogP contribution in [0.15, 0.2) is 85.1 Å². The van der Waals surface area contributed by atoms with Gasteiger partial charge in [-0.1, -0.05) is 202 Å². The van der Waals surface area contributed by atoms with Crippen molar-refractivity contribution in [3.05, 3.63) is 85.1 Å². The highest BCUT2D eigenvalue weighted by Gasteiger charge is 2.19. The van der Waals surface area contributed by atoms with Crippen molar-refractivity contribution < 1.29 is 28.6 Å². The third-order valence-electron chi connectivity index (χ3n) is 10.9. The Balaban J connectivity index is 4.44. The van der Waals surface area contributed by atoms with E-state index in [4.69, 9.17) is 14.2 Å². The fraction of sp³-hybridized carbons (Fsp3) is 0.702. The van der Waals surface area contributed by atoms with Crippen LogP contribution in [0.2, 0.25) is 0 Å². The summed E-state index contributed by atoms with van der Waals surface area (Å²) < 4.78 is 16.7. The summed E-state index contributed by atoms with van der Waals surface area (Å²) in [5.41, 5.74) is 0. The first-order chi connectivity index (χ1) is 31.0. The van der Waals surface area contributed by atoms with Crippen LogP contribution in [0.1, 0.15) is 239 Å². The molecule has 0 aliphatic carbocycles. The molecule has 0 rings (SSSR count). The molecule has 0 heterocycles. The molecule has 0 amide bonds. The maximum atomic E-state index is 12.8. The summed E-state index contributed by atoms with van der Waals surface area (Å²) in [5.74, 6) is -0.953. The largest absolute Gasteiger partial charge is 0.462 e. The fourth-order valence-electron chi connectivity index (χ4n) is 6.90. The predicted molar refractivity (Wildman–Crippen MR) is 270 cm³/mol. The average molecular weight is 877 g/mol. The highest BCUT2D eigenvalue weighted by molar-refractivity contribution is 5.71. The van der Waals surface area contributed by atoms with Crippen LogP contribution in [0.3, 0.4) is 0 Å². The molecule has 63 heavy (non-hydrogen) atoms. The van der Waals surface area contributed by atoms with Crippen molar-refractivity contribution >= 4 is 17.9 Å². The Bertz CT molecular complexity index is 1240. The van der Waals surface area contributed by atoms with Crippen molar-refractivity contribution in [3.8, 4) is 0 Å². The predicted octanol–water partition coefficient (Wildman–Crippen LogP) is 17.2. The lowest BCUT2D eigenvalue weighted by molar-refractivity contribution is -0.167. The minimum Gasteiger partial charge on any atom is -0.462 e. The first kappa shape index (κ1) is 59.6. The van der Waals surface area contributed by atoms with Gasteiger partial charge in [-0.2, -0.15) is 0 Å². The maximum Gasteiger partial charge on any atom is 0.306 e. The summed E-state index contributed by atoms with van der Waals surface area (Å²) in [6.45, 7) is 6.51. The first-order valence-electron chi connectivity index (χ1n) is 26.1. The number of carbonyl (C=O) groups is 3. The van der Waals surface area contributed by atoms with Gasteiger partial charge in [0.15, 0.2) is 6.10 Å². The third kappa shape index (κ3) is 49.5. The van der Waals surface area contributed by atoms with Gasteiger partial charge in [0.2, 0.25) is 0 Å². The van der Waals surface area contributed by atoms with Crippen LogP contribution in [-0.2, 0) is 28.6 Å². The van der Waals surface area contributed by atoms with Crippen LogP contribution in [0, 0.1) is 0 Å². The van der Waals surface area contributed by atoms with Gasteiger partial charge >= 0.3 is 17.9 Å². The molecule has 0 spiro atoms. The second-order valence-electron chi connectivity index (χ2n) is 17.1. The Morgan fingerprint density at radius 3 is 0.937 bits per heavy atom. The summed E-state index contributed by atoms with van der Waals surface area (Å²) in [4.78, 5) is 37.9. The molecule has 0 saturated heterocycles. The van der Waals surface area contributed by atoms with Gasteiger partial charge in [-0.15, -0.1) is 0 Å². The van der Waals surface area contributed by atoms with Crippen LogP contribution in [0.5, 0.6) is 0 Å². The molecule has 0 bridgehead atoms. The molecular formula is C57H96O6. The Labute approximate surface area is 388 Å². The minimum absolute atomic E-state index is 0.0956. The molecule has 0 aliphatic heterocycles. The van der Waals surface area contributed by atoms with E-state index in [9.17, 15) is 14.4 Å². The van der Waals surface area contributed by atoms with Gasteiger partial charge in [-0.25, -0.2) is 0 Å². The molecule has 0 radical (unpaired) electrons. The van der Waals surface area contributed by atoms with Crippen molar-refractivity contribution in [1.82, 2.24) is 0 Å². The second kappa shape index (κ2) is 51.2. The number of carbonyl (C=O) groups excluding carboxylic acids is 3. The van der Waals surface area contributed by atoms with E-state index < -0.39 is 6.10 Å². The summed E-state index contributed by atoms with van der Waals surface area (Å²) >= 11 is 0. The van der Waals surface area contributed by atoms with E-state index in [1.165, 1.54) is 89.9 Å². The van der Waals surface area contributed by atoms with Gasteiger partial charge in [0, 0.05) is 19.3 Å². The molecule has 6 heteroatoms. The smallest absolute Gasteiger partial charge is 0.306 e. The van der Waals surface area contributed by atoms with Gasteiger partial charge in [0.25, 0.3) is 0 Å². The van der Waals surface area contributed by atoms with Gasteiger partial charge < -0.3 is 14.2 Å². The second-order valence-corrected chi connectivity index (χ2v) is 17.1. The number of esters is 3. The lowest BCUT2D eigenvalue weighted by Gasteiger charge is -2.18. The molecule has 1 atom stereocenters. The molecule has 0 saturated carbocycles. The Kier molecular flexibility index (Phi) is 48.5. The molecule has 0 unspecified atom stereocenters. The monoisotopic (exact) mass is 877 g/mol. The third-order valence-corrected chi connectivity index (χ3v) is 10.9. The number of allylic oxidation sites excluding steroid dienone is 14. The molecule has 6 nitrogen and oxygen atoms in total. The Morgan fingerprint density at radius 1 is 0.317 bits per heavy atom. The van der Waals surface area contributed by atoms with Crippen molar-refractivity contribution in [2.45, 2.75) is 245 Å². The number of rotatable bonds is 46. The van der Waals surface area contributed by atoms with E-state index in [2.05, 4.69) is 106 Å². The standard InChI is InChI=1S/C57H96O6/c1-4-7-10-13-16-19-21-23-25-27-28-30-31-33-35-38-41-44-47-50-56(59)62-53-54(52-61-55(58)49-46-43-40-37-18-15-12-9-6-3)63-57(60)51-48-45-42-39-36-34-32-29-26-24-22-20-17-14-11-8-5-2/h16-17,19-20,23-26,28,30,32-35,54H,4-15,18,21-22,27,29,31,36-53H2,1-3H3/b19-16-,20-17-,25-23-,26-24-,30-28-,34-32-,35-33-/t54-/m1/s1. The van der Waals surface area contributed by atoms with Crippen molar-refractivity contribution in [2.75, 3.05) is 13.2 Å². The van der Waals surface area contributed by atoms with Crippen molar-refractivity contribution in [1.29, 1.82) is 0 Å². The van der Waals surface area contributed by atoms with Gasteiger partial charge in [0.05, 0.1) is 0 Å². The topological polar surface area (TPSA) is 78.9 Å². The molecule has 0 aromatic rings. The van der Waals surface area contributed by atoms with Crippen LogP contribution in [0.4, 0.5) is 0 Å². The molecule has 0 aromatic carbocycles. The number of hydrogen-bond donors (Lipinski definition) is 0. The van der Waals surface area contributed by atoms with Crippen molar-refractivity contribution in [3.63, 3.8) is 0 Å². The van der Waals surface area contributed by atoms with E-state index in [0.29, 0.717) is 19.3 Å². The molecule has 0 fully saturated rings. The van der Waals surface area contributed by atoms with Crippen LogP contribution < -0.4 is 0 Å². The summed E-state index contributed by atoms with van der Waals surface area (Å²) in [6.07, 6.45) is 65.7. The fourth-order valence-corrected chi connectivity index (χ4v) is 6.90. The maximum absolute atomic E-state index is 12.8. The Morgan fingerprint density at radius 2 is 0.571 bits per heavy atom. The molecule has 0 aliphatic rings. The SMILES string of the molecule is CCCCC/C=C\C/C=C\C/C=C\C/C=C\CCCCCC(=O)OC[C@@H](COC(=O)CCCCCCCCCCC)OC(=O)CCCCCC/C=C\C/C=C\C/C=C\CCCCC. The number of ether oxygens (including phenoxy) is 3. The zero-order valence-corrected chi connectivity index (χ0v) is 41.1. The highest BCUT2D eigenvalue weighted by atomic mass is 16.6. The van der Waals surface area contributed by atoms with E-state index in [-0.39, 0.29) is 31.1 Å². The molecule has 0 N–H and O–H groups in total. The average Bonchev–Trinajstić information content (AvgIpc) is 3.28. The highest BCUT2D eigenvalue weighted by Crippen LogP contribution is 2.13. The molecule has 360 valence electrons. The summed E-state index contributed by atoms with van der Waals surface area (Å²) in [5, 5.41) is 0. The van der Waals surface area contributed by atoms with Gasteiger partial charge in [0.1, 0.15) is 13.2 Å². The molecule has 0 aromatic heterocycles. The van der Waals surface area contributed by atoms with Gasteiger partial charge in [-0.05, 0) is 103 Å². The zero-order valence-electron chi connectivity index (χ0n) is 41.1. The molecular weight excluding hydrogens is 781 g/mol. The van der Waals surface area contributed by atoms with Gasteiger partial charge in [-0.3, -0.25) is 14.4 Å². The van der Waals surface area contributed by atoms with E-state index in [0.717, 1.165) is 109 Å². The normalized spacial score (nSPS) is 12.7. The minimum atomic E-state index is -0.799. The first-order valence-corrected chi connectivity index (χ1v) is 26.1. The van der Waals surface area contributed by atoms with Crippen LogP contribution in [-0.4, -0.2) is 37.2 Å². The summed E-state index contributed by atoms with van der Waals surface area (Å²) in [7, 11) is 0. The Hall–Kier alpha value is -3.41.